The fraction of sp³-hybridized carbons (Fsp3) is 0.857. The van der Waals surface area contributed by atoms with Crippen molar-refractivity contribution in [2.75, 3.05) is 13.7 Å². The molecule has 46 heavy (non-hydrogen) atoms. The predicted molar refractivity (Wildman–Crippen MR) is 199 cm³/mol. The summed E-state index contributed by atoms with van der Waals surface area (Å²) in [6, 6.07) is 0. The van der Waals surface area contributed by atoms with Crippen LogP contribution in [0.4, 0.5) is 4.39 Å². The van der Waals surface area contributed by atoms with Crippen LogP contribution in [0.5, 0.6) is 0 Å². The van der Waals surface area contributed by atoms with E-state index in [1.807, 2.05) is 6.08 Å². The van der Waals surface area contributed by atoms with Crippen LogP contribution in [0.3, 0.4) is 0 Å². The van der Waals surface area contributed by atoms with E-state index in [-0.39, 0.29) is 29.3 Å². The number of alkyl halides is 1. The third-order valence-electron chi connectivity index (χ3n) is 11.1. The molecule has 0 aromatic heterocycles. The molecule has 4 aliphatic carbocycles. The molecule has 11 heteroatoms. The van der Waals surface area contributed by atoms with Crippen LogP contribution in [0, 0.1) is 28.6 Å². The summed E-state index contributed by atoms with van der Waals surface area (Å²) >= 11 is 0. The first-order valence-corrected chi connectivity index (χ1v) is 31.3. The van der Waals surface area contributed by atoms with E-state index in [4.69, 9.17) is 22.5 Å². The lowest BCUT2D eigenvalue weighted by atomic mass is 9.44. The Morgan fingerprint density at radius 1 is 0.913 bits per heavy atom. The van der Waals surface area contributed by atoms with Gasteiger partial charge in [0.1, 0.15) is 12.8 Å². The zero-order valence-corrected chi connectivity index (χ0v) is 36.0. The van der Waals surface area contributed by atoms with E-state index in [1.165, 1.54) is 0 Å². The molecule has 0 radical (unpaired) electrons. The molecule has 3 fully saturated rings. The Balaban J connectivity index is 1.96. The minimum atomic E-state index is -2.18. The molecule has 0 amide bonds. The summed E-state index contributed by atoms with van der Waals surface area (Å²) in [6.45, 7) is 34.4. The van der Waals surface area contributed by atoms with E-state index in [2.05, 4.69) is 117 Å². The topological polar surface area (TPSA) is 58.5 Å². The number of oxime groups is 1. The van der Waals surface area contributed by atoms with Gasteiger partial charge in [0.2, 0.25) is 0 Å². The van der Waals surface area contributed by atoms with Gasteiger partial charge in [-0.05, 0) is 135 Å². The van der Waals surface area contributed by atoms with Crippen molar-refractivity contribution in [3.05, 3.63) is 23.8 Å². The number of nitrogens with zero attached hydrogens (tertiary/aromatic N) is 1. The quantitative estimate of drug-likeness (QED) is 0.158. The molecule has 3 saturated carbocycles. The first-order valence-electron chi connectivity index (χ1n) is 17.6. The number of allylic oxidation sites excluding steroid dienone is 4. The average molecular weight is 712 g/mol. The van der Waals surface area contributed by atoms with Gasteiger partial charge in [-0.15, -0.1) is 0 Å². The van der Waals surface area contributed by atoms with Crippen molar-refractivity contribution < 1.29 is 26.9 Å². The summed E-state index contributed by atoms with van der Waals surface area (Å²) in [7, 11) is -6.68. The molecule has 0 spiro atoms. The third-order valence-corrected chi connectivity index (χ3v) is 15.0. The minimum Gasteiger partial charge on any atom is -0.415 e. The Kier molecular flexibility index (Phi) is 10.4. The van der Waals surface area contributed by atoms with Gasteiger partial charge >= 0.3 is 0 Å². The van der Waals surface area contributed by atoms with Crippen LogP contribution in [-0.2, 0) is 22.5 Å². The molecule has 264 valence electrons. The summed E-state index contributed by atoms with van der Waals surface area (Å²) in [5.41, 5.74) is -1.53. The van der Waals surface area contributed by atoms with Gasteiger partial charge in [-0.25, -0.2) is 4.39 Å². The Labute approximate surface area is 284 Å². The highest BCUT2D eigenvalue weighted by Crippen LogP contribution is 2.73. The largest absolute Gasteiger partial charge is 0.415 e. The number of hydrogen-bond acceptors (Lipinski definition) is 6. The summed E-state index contributed by atoms with van der Waals surface area (Å²) in [5.74, 6) is 0.105. The monoisotopic (exact) mass is 711 g/mol. The number of halogens is 1. The van der Waals surface area contributed by atoms with Gasteiger partial charge in [-0.2, -0.15) is 0 Å². The first-order chi connectivity index (χ1) is 20.7. The second-order valence-corrected chi connectivity index (χ2v) is 36.9. The molecular weight excluding hydrogens is 646 g/mol. The van der Waals surface area contributed by atoms with Gasteiger partial charge in [-0.3, -0.25) is 0 Å². The molecule has 0 aromatic rings. The number of fused-ring (bicyclic) bond motifs is 5. The highest BCUT2D eigenvalue weighted by molar-refractivity contribution is 6.71. The molecule has 0 saturated heterocycles. The summed E-state index contributed by atoms with van der Waals surface area (Å²) in [5, 5.41) is 4.20. The van der Waals surface area contributed by atoms with E-state index in [0.29, 0.717) is 13.0 Å². The number of hydrogen-bond donors (Lipinski definition) is 0. The maximum absolute atomic E-state index is 19.0. The van der Waals surface area contributed by atoms with E-state index >= 15 is 4.39 Å². The molecule has 0 aromatic carbocycles. The molecule has 6 nitrogen and oxygen atoms in total. The second-order valence-electron chi connectivity index (χ2n) is 19.1. The smallest absolute Gasteiger partial charge is 0.184 e. The maximum Gasteiger partial charge on any atom is 0.184 e. The Morgan fingerprint density at radius 3 is 2.07 bits per heavy atom. The summed E-state index contributed by atoms with van der Waals surface area (Å²) in [6.07, 6.45) is 8.36. The van der Waals surface area contributed by atoms with Crippen LogP contribution in [0.1, 0.15) is 46.5 Å². The van der Waals surface area contributed by atoms with Crippen molar-refractivity contribution in [2.45, 2.75) is 148 Å². The molecule has 9 atom stereocenters. The fourth-order valence-electron chi connectivity index (χ4n) is 9.73. The highest BCUT2D eigenvalue weighted by atomic mass is 28.4. The molecule has 0 bridgehead atoms. The standard InChI is InChI=1S/C35H66FNO5Si4/c1-25-21-29-28-18-17-26-22-27(37-38-4)19-20-32(26,2)34(28,36)30(40-44(8,9)10)23-33(29,3)35(25,42-46(14,15)16)31(41-45(11,12)13)24-39-43(5,6)7/h19-20,22,25,28-31H,17-18,21,23-24H2,1-16H3/t25-,28?,29?,30?,31?,32?,33?,34+,35+/m1/s1. The van der Waals surface area contributed by atoms with Crippen molar-refractivity contribution in [3.8, 4) is 0 Å². The van der Waals surface area contributed by atoms with Crippen LogP contribution in [0.15, 0.2) is 29.0 Å². The Bertz CT molecular complexity index is 1230. The molecule has 0 heterocycles. The summed E-state index contributed by atoms with van der Waals surface area (Å²) in [4.78, 5) is 5.11. The van der Waals surface area contributed by atoms with E-state index in [9.17, 15) is 0 Å². The van der Waals surface area contributed by atoms with Crippen molar-refractivity contribution in [2.24, 2.45) is 33.7 Å². The van der Waals surface area contributed by atoms with Gasteiger partial charge in [0.05, 0.1) is 24.4 Å². The van der Waals surface area contributed by atoms with Crippen molar-refractivity contribution >= 4 is 39.0 Å². The van der Waals surface area contributed by atoms with Crippen molar-refractivity contribution in [1.29, 1.82) is 0 Å². The van der Waals surface area contributed by atoms with Crippen LogP contribution in [0.25, 0.3) is 0 Å². The molecular formula is C35H66FNO5Si4. The van der Waals surface area contributed by atoms with Gasteiger partial charge in [-0.1, -0.05) is 30.7 Å². The summed E-state index contributed by atoms with van der Waals surface area (Å²) < 4.78 is 47.8. The maximum atomic E-state index is 19.0. The van der Waals surface area contributed by atoms with Crippen LogP contribution in [0.2, 0.25) is 78.6 Å². The first kappa shape index (κ1) is 38.4. The number of rotatable bonds is 11. The van der Waals surface area contributed by atoms with Gasteiger partial charge in [0.25, 0.3) is 0 Å². The second kappa shape index (κ2) is 12.4. The zero-order valence-electron chi connectivity index (χ0n) is 32.0. The zero-order chi connectivity index (χ0) is 34.9. The Morgan fingerprint density at radius 2 is 1.54 bits per heavy atom. The predicted octanol–water partition coefficient (Wildman–Crippen LogP) is 9.56. The fourth-order valence-corrected chi connectivity index (χ4v) is 14.2. The molecule has 4 aliphatic rings. The molecule has 0 aliphatic heterocycles. The molecule has 6 unspecified atom stereocenters. The lowest BCUT2D eigenvalue weighted by molar-refractivity contribution is -0.230. The lowest BCUT2D eigenvalue weighted by Crippen LogP contribution is -2.73. The highest BCUT2D eigenvalue weighted by Gasteiger charge is 2.77. The van der Waals surface area contributed by atoms with Gasteiger partial charge < -0.3 is 22.5 Å². The van der Waals surface area contributed by atoms with Crippen molar-refractivity contribution in [1.82, 2.24) is 0 Å². The van der Waals surface area contributed by atoms with E-state index < -0.39 is 56.1 Å². The average Bonchev–Trinajstić information content (AvgIpc) is 3.06. The van der Waals surface area contributed by atoms with Gasteiger partial charge in [0, 0.05) is 16.7 Å². The van der Waals surface area contributed by atoms with Crippen LogP contribution >= 0.6 is 0 Å². The normalized spacial score (nSPS) is 39.8. The third kappa shape index (κ3) is 6.96. The Hall–Kier alpha value is -0.412. The van der Waals surface area contributed by atoms with E-state index in [0.717, 1.165) is 30.5 Å². The lowest BCUT2D eigenvalue weighted by Gasteiger charge is -2.66. The van der Waals surface area contributed by atoms with Crippen LogP contribution in [-0.4, -0.2) is 76.2 Å². The minimum absolute atomic E-state index is 0.116. The van der Waals surface area contributed by atoms with Gasteiger partial charge in [0.15, 0.2) is 38.9 Å². The molecule has 0 N–H and O–H groups in total. The van der Waals surface area contributed by atoms with E-state index in [1.54, 1.807) is 7.11 Å². The van der Waals surface area contributed by atoms with Crippen molar-refractivity contribution in [3.63, 3.8) is 0 Å². The molecule has 4 rings (SSSR count). The SMILES string of the molecule is CON=C1C=CC2(C)C(=C1)CCC1C3C[C@@H](C)[C@](O[Si](C)(C)C)(C(CO[Si](C)(C)C)O[Si](C)(C)C)C3(C)CC(O[Si](C)(C)C)[C@@]12F. The van der Waals surface area contributed by atoms with Crippen LogP contribution < -0.4 is 0 Å².